The monoisotopic (exact) mass is 547 g/mol. The fraction of sp³-hybridized carbons (Fsp3) is 0.344. The number of benzene rings is 3. The molecule has 0 saturated heterocycles. The van der Waals surface area contributed by atoms with Gasteiger partial charge in [-0.15, -0.1) is 0 Å². The van der Waals surface area contributed by atoms with Gasteiger partial charge in [-0.05, 0) is 78.5 Å². The molecule has 7 nitrogen and oxygen atoms in total. The van der Waals surface area contributed by atoms with Crippen molar-refractivity contribution >= 4 is 16.8 Å². The third-order valence-electron chi connectivity index (χ3n) is 7.14. The lowest BCUT2D eigenvalue weighted by Gasteiger charge is -2.25. The Morgan fingerprint density at radius 2 is 1.75 bits per heavy atom. The summed E-state index contributed by atoms with van der Waals surface area (Å²) < 4.78 is 19.7. The molecule has 2 atom stereocenters. The quantitative estimate of drug-likeness (QED) is 0.167. The molecule has 1 amide bonds. The maximum Gasteiger partial charge on any atom is 0.255 e. The number of amides is 1. The van der Waals surface area contributed by atoms with Crippen molar-refractivity contribution in [1.29, 1.82) is 0 Å². The first-order chi connectivity index (χ1) is 19.4. The predicted octanol–water partition coefficient (Wildman–Crippen LogP) is 5.43. The highest BCUT2D eigenvalue weighted by Gasteiger charge is 2.20. The number of hydrogen-bond donors (Lipinski definition) is 4. The van der Waals surface area contributed by atoms with E-state index in [4.69, 9.17) is 4.74 Å². The zero-order valence-electron chi connectivity index (χ0n) is 23.3. The highest BCUT2D eigenvalue weighted by molar-refractivity contribution is 5.98. The second-order valence-corrected chi connectivity index (χ2v) is 9.84. The number of aliphatic hydroxyl groups is 2. The summed E-state index contributed by atoms with van der Waals surface area (Å²) in [5, 5.41) is 24.4. The Balaban J connectivity index is 1.57. The smallest absolute Gasteiger partial charge is 0.255 e. The van der Waals surface area contributed by atoms with Gasteiger partial charge in [-0.1, -0.05) is 51.1 Å². The summed E-state index contributed by atoms with van der Waals surface area (Å²) in [5.74, 6) is -0.253. The Labute approximate surface area is 234 Å². The summed E-state index contributed by atoms with van der Waals surface area (Å²) in [6, 6.07) is 17.0. The van der Waals surface area contributed by atoms with Crippen molar-refractivity contribution in [2.45, 2.75) is 45.9 Å². The molecular weight excluding hydrogens is 509 g/mol. The molecule has 212 valence electrons. The number of hydrogen-bond acceptors (Lipinski definition) is 5. The van der Waals surface area contributed by atoms with E-state index in [0.29, 0.717) is 24.3 Å². The number of nitrogens with zero attached hydrogens (tertiary/aromatic N) is 1. The molecule has 1 unspecified atom stereocenters. The van der Waals surface area contributed by atoms with Crippen LogP contribution in [0, 0.1) is 5.82 Å². The minimum atomic E-state index is -0.681. The van der Waals surface area contributed by atoms with E-state index in [0.717, 1.165) is 52.7 Å². The third kappa shape index (κ3) is 6.70. The molecule has 0 saturated carbocycles. The largest absolute Gasteiger partial charge is 0.493 e. The Morgan fingerprint density at radius 3 is 2.42 bits per heavy atom. The Bertz CT molecular complexity index is 1420. The molecule has 0 fully saturated rings. The second kappa shape index (κ2) is 13.6. The summed E-state index contributed by atoms with van der Waals surface area (Å²) in [5.41, 5.74) is 4.48. The molecule has 1 aromatic heterocycles. The van der Waals surface area contributed by atoms with Gasteiger partial charge in [-0.2, -0.15) is 0 Å². The number of rotatable bonds is 13. The van der Waals surface area contributed by atoms with Crippen LogP contribution in [0.3, 0.4) is 0 Å². The van der Waals surface area contributed by atoms with Gasteiger partial charge >= 0.3 is 0 Å². The molecule has 0 aliphatic rings. The minimum absolute atomic E-state index is 0.283. The van der Waals surface area contributed by atoms with Crippen LogP contribution in [0.1, 0.15) is 54.9 Å². The van der Waals surface area contributed by atoms with Gasteiger partial charge in [-0.3, -0.25) is 9.69 Å². The van der Waals surface area contributed by atoms with Gasteiger partial charge in [0.15, 0.2) is 0 Å². The zero-order valence-corrected chi connectivity index (χ0v) is 23.3. The number of aromatic nitrogens is 1. The van der Waals surface area contributed by atoms with Crippen LogP contribution in [0.2, 0.25) is 0 Å². The number of halogens is 1. The number of fused-ring (bicyclic) bond motifs is 1. The molecule has 4 N–H and O–H groups in total. The lowest BCUT2D eigenvalue weighted by molar-refractivity contribution is 0.00903. The molecule has 4 aromatic rings. The van der Waals surface area contributed by atoms with E-state index in [9.17, 15) is 19.4 Å². The fourth-order valence-corrected chi connectivity index (χ4v) is 4.86. The van der Waals surface area contributed by atoms with Crippen molar-refractivity contribution in [2.24, 2.45) is 0 Å². The standard InChI is InChI=1S/C32H38FN3O4/c1-4-15-40-30-14-11-23(21-7-9-22(10-8-21)32(39)36(5-2)6-3)17-28(30)31(38)35-26(20-37)16-24-19-34-29-13-12-25(33)18-27(24)29/h7-14,17-19,26,32,34,37,39H,4-6,15-16,20H2,1-3H3,(H,35,38)/t26?,32-/m0/s1. The molecule has 40 heavy (non-hydrogen) atoms. The van der Waals surface area contributed by atoms with Crippen LogP contribution >= 0.6 is 0 Å². The van der Waals surface area contributed by atoms with Crippen LogP contribution in [0.15, 0.2) is 66.9 Å². The van der Waals surface area contributed by atoms with Crippen molar-refractivity contribution in [3.63, 3.8) is 0 Å². The van der Waals surface area contributed by atoms with Crippen LogP contribution in [-0.4, -0.2) is 58.3 Å². The van der Waals surface area contributed by atoms with Gasteiger partial charge < -0.3 is 25.3 Å². The number of carbonyl (C=O) groups excluding carboxylic acids is 1. The van der Waals surface area contributed by atoms with Crippen LogP contribution in [0.4, 0.5) is 4.39 Å². The second-order valence-electron chi connectivity index (χ2n) is 9.84. The molecule has 4 rings (SSSR count). The Kier molecular flexibility index (Phi) is 9.93. The van der Waals surface area contributed by atoms with E-state index in [1.807, 2.05) is 56.0 Å². The van der Waals surface area contributed by atoms with E-state index in [1.54, 1.807) is 24.4 Å². The number of ether oxygens (including phenoxy) is 1. The van der Waals surface area contributed by atoms with Gasteiger partial charge in [0, 0.05) is 17.1 Å². The average molecular weight is 548 g/mol. The average Bonchev–Trinajstić information content (AvgIpc) is 3.37. The number of H-pyrrole nitrogens is 1. The van der Waals surface area contributed by atoms with Crippen molar-refractivity contribution in [1.82, 2.24) is 15.2 Å². The van der Waals surface area contributed by atoms with E-state index in [2.05, 4.69) is 10.3 Å². The number of nitrogens with one attached hydrogen (secondary N) is 2. The lowest BCUT2D eigenvalue weighted by atomic mass is 9.99. The fourth-order valence-electron chi connectivity index (χ4n) is 4.86. The van der Waals surface area contributed by atoms with Crippen LogP contribution in [0.5, 0.6) is 5.75 Å². The predicted molar refractivity (Wildman–Crippen MR) is 156 cm³/mol. The SMILES string of the molecule is CCCOc1ccc(-c2ccc([C@H](O)N(CC)CC)cc2)cc1C(=O)NC(CO)Cc1c[nH]c2ccc(F)cc12. The molecule has 0 aliphatic carbocycles. The summed E-state index contributed by atoms with van der Waals surface area (Å²) in [6.07, 6.45) is 2.21. The topological polar surface area (TPSA) is 97.8 Å². The first-order valence-electron chi connectivity index (χ1n) is 13.8. The summed E-state index contributed by atoms with van der Waals surface area (Å²) >= 11 is 0. The summed E-state index contributed by atoms with van der Waals surface area (Å²) in [7, 11) is 0. The molecule has 0 aliphatic heterocycles. The highest BCUT2D eigenvalue weighted by atomic mass is 19.1. The first kappa shape index (κ1) is 29.3. The molecule has 0 radical (unpaired) electrons. The Morgan fingerprint density at radius 1 is 1.02 bits per heavy atom. The lowest BCUT2D eigenvalue weighted by Crippen LogP contribution is -2.39. The van der Waals surface area contributed by atoms with E-state index < -0.39 is 12.3 Å². The van der Waals surface area contributed by atoms with Crippen molar-refractivity contribution in [3.8, 4) is 16.9 Å². The van der Waals surface area contributed by atoms with E-state index in [-0.39, 0.29) is 18.3 Å². The summed E-state index contributed by atoms with van der Waals surface area (Å²) in [6.45, 7) is 7.67. The zero-order chi connectivity index (χ0) is 28.6. The molecule has 3 aromatic carbocycles. The third-order valence-corrected chi connectivity index (χ3v) is 7.14. The maximum atomic E-state index is 13.8. The first-order valence-corrected chi connectivity index (χ1v) is 13.8. The maximum absolute atomic E-state index is 13.8. The van der Waals surface area contributed by atoms with Gasteiger partial charge in [0.25, 0.3) is 5.91 Å². The molecule has 8 heteroatoms. The van der Waals surface area contributed by atoms with E-state index in [1.165, 1.54) is 12.1 Å². The number of aliphatic hydroxyl groups excluding tert-OH is 2. The molecular formula is C32H38FN3O4. The van der Waals surface area contributed by atoms with Gasteiger partial charge in [0.2, 0.25) is 0 Å². The molecule has 1 heterocycles. The molecule has 0 bridgehead atoms. The van der Waals surface area contributed by atoms with Crippen LogP contribution in [0.25, 0.3) is 22.0 Å². The minimum Gasteiger partial charge on any atom is -0.493 e. The normalized spacial score (nSPS) is 13.0. The van der Waals surface area contributed by atoms with Gasteiger partial charge in [-0.25, -0.2) is 4.39 Å². The van der Waals surface area contributed by atoms with Crippen molar-refractivity contribution in [2.75, 3.05) is 26.3 Å². The van der Waals surface area contributed by atoms with Crippen LogP contribution in [-0.2, 0) is 6.42 Å². The van der Waals surface area contributed by atoms with Gasteiger partial charge in [0.05, 0.1) is 24.8 Å². The van der Waals surface area contributed by atoms with E-state index >= 15 is 0 Å². The number of aromatic amines is 1. The highest BCUT2D eigenvalue weighted by Crippen LogP contribution is 2.29. The molecule has 0 spiro atoms. The van der Waals surface area contributed by atoms with Crippen molar-refractivity contribution < 1.29 is 24.1 Å². The number of carbonyl (C=O) groups is 1. The van der Waals surface area contributed by atoms with Crippen molar-refractivity contribution in [3.05, 3.63) is 89.4 Å². The Hall–Kier alpha value is -3.72. The summed E-state index contributed by atoms with van der Waals surface area (Å²) in [4.78, 5) is 18.6. The van der Waals surface area contributed by atoms with Gasteiger partial charge in [0.1, 0.15) is 17.8 Å². The van der Waals surface area contributed by atoms with Crippen LogP contribution < -0.4 is 10.1 Å².